The molecule has 6 heteroatoms. The topological polar surface area (TPSA) is 29.5 Å². The average Bonchev–Trinajstić information content (AvgIpc) is 2.97. The van der Waals surface area contributed by atoms with Crippen LogP contribution >= 0.6 is 0 Å². The second-order valence-corrected chi connectivity index (χ2v) is 5.73. The van der Waals surface area contributed by atoms with Crippen molar-refractivity contribution < 1.29 is 22.7 Å². The molecule has 22 heavy (non-hydrogen) atoms. The third kappa shape index (κ3) is 2.82. The molecule has 2 atom stereocenters. The van der Waals surface area contributed by atoms with Crippen LogP contribution in [0.1, 0.15) is 18.4 Å². The molecule has 0 unspecified atom stereocenters. The van der Waals surface area contributed by atoms with Gasteiger partial charge in [-0.2, -0.15) is 13.2 Å². The number of fused-ring (bicyclic) bond motifs is 2. The minimum Gasteiger partial charge on any atom is -0.497 e. The number of hydrogen-bond donors (Lipinski definition) is 0. The van der Waals surface area contributed by atoms with Gasteiger partial charge in [0.2, 0.25) is 5.91 Å². The molecule has 0 spiro atoms. The number of ether oxygens (including phenoxy) is 1. The lowest BCUT2D eigenvalue weighted by molar-refractivity contribution is -0.133. The zero-order valence-electron chi connectivity index (χ0n) is 12.1. The Balaban J connectivity index is 1.78. The highest BCUT2D eigenvalue weighted by molar-refractivity contribution is 5.84. The monoisotopic (exact) mass is 311 g/mol. The number of alkyl halides is 3. The maximum atomic E-state index is 12.6. The molecule has 1 heterocycles. The second kappa shape index (κ2) is 5.34. The van der Waals surface area contributed by atoms with Crippen LogP contribution in [0.2, 0.25) is 0 Å². The van der Waals surface area contributed by atoms with Crippen LogP contribution in [-0.4, -0.2) is 30.1 Å². The SMILES string of the molecule is COc1ccc(CN2C(=O)[C@H]3C/C(=C/C(F)(F)F)[C@@H]2C3)cc1. The third-order valence-electron chi connectivity index (χ3n) is 4.29. The number of benzene rings is 1. The molecule has 1 amide bonds. The summed E-state index contributed by atoms with van der Waals surface area (Å²) in [5, 5.41) is 0. The standard InChI is InChI=1S/C16H16F3NO2/c1-22-13-4-2-10(3-5-13)9-20-14-7-11(15(20)21)6-12(14)8-16(17,18)19/h2-5,8,11,14H,6-7,9H2,1H3/b12-8-/t11-,14-/m0/s1. The fourth-order valence-corrected chi connectivity index (χ4v) is 3.31. The molecule has 1 aromatic rings. The maximum Gasteiger partial charge on any atom is 0.409 e. The fourth-order valence-electron chi connectivity index (χ4n) is 3.31. The summed E-state index contributed by atoms with van der Waals surface area (Å²) in [6.45, 7) is 0.333. The van der Waals surface area contributed by atoms with E-state index >= 15 is 0 Å². The van der Waals surface area contributed by atoms with Gasteiger partial charge >= 0.3 is 6.18 Å². The molecule has 1 saturated heterocycles. The fraction of sp³-hybridized carbons (Fsp3) is 0.438. The van der Waals surface area contributed by atoms with Gasteiger partial charge in [0.05, 0.1) is 13.2 Å². The Kier molecular flexibility index (Phi) is 3.62. The maximum absolute atomic E-state index is 12.6. The van der Waals surface area contributed by atoms with Crippen LogP contribution in [0.25, 0.3) is 0 Å². The minimum absolute atomic E-state index is 0.0415. The van der Waals surface area contributed by atoms with Gasteiger partial charge in [-0.15, -0.1) is 0 Å². The number of carbonyl (C=O) groups is 1. The van der Waals surface area contributed by atoms with E-state index in [4.69, 9.17) is 4.74 Å². The molecule has 2 fully saturated rings. The molecule has 0 aromatic heterocycles. The van der Waals surface area contributed by atoms with Crippen molar-refractivity contribution in [2.75, 3.05) is 7.11 Å². The zero-order chi connectivity index (χ0) is 15.9. The molecule has 1 aromatic carbocycles. The van der Waals surface area contributed by atoms with Crippen molar-refractivity contribution in [3.8, 4) is 5.75 Å². The van der Waals surface area contributed by atoms with Crippen molar-refractivity contribution >= 4 is 5.91 Å². The van der Waals surface area contributed by atoms with Gasteiger partial charge in [0.1, 0.15) is 5.75 Å². The Bertz CT molecular complexity index is 607. The summed E-state index contributed by atoms with van der Waals surface area (Å²) in [6.07, 6.45) is -3.22. The smallest absolute Gasteiger partial charge is 0.409 e. The van der Waals surface area contributed by atoms with Gasteiger partial charge in [0.25, 0.3) is 0 Å². The van der Waals surface area contributed by atoms with E-state index in [0.29, 0.717) is 30.4 Å². The Labute approximate surface area is 126 Å². The van der Waals surface area contributed by atoms with Crippen LogP contribution in [-0.2, 0) is 11.3 Å². The van der Waals surface area contributed by atoms with E-state index < -0.39 is 12.2 Å². The van der Waals surface area contributed by atoms with Crippen LogP contribution in [0.5, 0.6) is 5.75 Å². The molecular weight excluding hydrogens is 295 g/mol. The van der Waals surface area contributed by atoms with Crippen LogP contribution in [0.4, 0.5) is 13.2 Å². The Morgan fingerprint density at radius 1 is 1.32 bits per heavy atom. The number of piperidine rings is 1. The van der Waals surface area contributed by atoms with Crippen molar-refractivity contribution in [2.45, 2.75) is 31.6 Å². The molecule has 118 valence electrons. The first-order valence-corrected chi connectivity index (χ1v) is 7.09. The van der Waals surface area contributed by atoms with Crippen molar-refractivity contribution in [3.63, 3.8) is 0 Å². The summed E-state index contributed by atoms with van der Waals surface area (Å²) < 4.78 is 42.8. The second-order valence-electron chi connectivity index (χ2n) is 5.73. The molecule has 1 aliphatic carbocycles. The van der Waals surface area contributed by atoms with Gasteiger partial charge < -0.3 is 9.64 Å². The van der Waals surface area contributed by atoms with Crippen LogP contribution < -0.4 is 4.74 Å². The van der Waals surface area contributed by atoms with Crippen molar-refractivity contribution in [2.24, 2.45) is 5.92 Å². The van der Waals surface area contributed by atoms with E-state index in [-0.39, 0.29) is 18.2 Å². The molecule has 2 aliphatic rings. The summed E-state index contributed by atoms with van der Waals surface area (Å²) in [6, 6.07) is 6.79. The number of hydrogen-bond acceptors (Lipinski definition) is 2. The third-order valence-corrected chi connectivity index (χ3v) is 4.29. The summed E-state index contributed by atoms with van der Waals surface area (Å²) in [7, 11) is 1.56. The predicted molar refractivity (Wildman–Crippen MR) is 74.2 cm³/mol. The summed E-state index contributed by atoms with van der Waals surface area (Å²) in [4.78, 5) is 13.8. The first kappa shape index (κ1) is 14.9. The molecule has 0 N–H and O–H groups in total. The van der Waals surface area contributed by atoms with E-state index in [2.05, 4.69) is 0 Å². The average molecular weight is 311 g/mol. The van der Waals surface area contributed by atoms with Gasteiger partial charge in [-0.3, -0.25) is 4.79 Å². The largest absolute Gasteiger partial charge is 0.497 e. The molecule has 0 radical (unpaired) electrons. The predicted octanol–water partition coefficient (Wildman–Crippen LogP) is 3.30. The van der Waals surface area contributed by atoms with E-state index in [1.165, 1.54) is 0 Å². The van der Waals surface area contributed by atoms with Crippen molar-refractivity contribution in [3.05, 3.63) is 41.5 Å². The quantitative estimate of drug-likeness (QED) is 0.802. The lowest BCUT2D eigenvalue weighted by Crippen LogP contribution is -2.38. The molecule has 1 saturated carbocycles. The Hall–Kier alpha value is -1.98. The Morgan fingerprint density at radius 2 is 2.00 bits per heavy atom. The van der Waals surface area contributed by atoms with Gasteiger partial charge in [-0.1, -0.05) is 12.1 Å². The summed E-state index contributed by atoms with van der Waals surface area (Å²) >= 11 is 0. The van der Waals surface area contributed by atoms with Crippen molar-refractivity contribution in [1.82, 2.24) is 4.90 Å². The molecule has 3 rings (SSSR count). The first-order chi connectivity index (χ1) is 10.4. The number of nitrogens with zero attached hydrogens (tertiary/aromatic N) is 1. The normalized spacial score (nSPS) is 26.1. The van der Waals surface area contributed by atoms with Gasteiger partial charge in [-0.25, -0.2) is 0 Å². The first-order valence-electron chi connectivity index (χ1n) is 7.09. The van der Waals surface area contributed by atoms with E-state index in [0.717, 1.165) is 5.56 Å². The molecule has 3 nitrogen and oxygen atoms in total. The number of allylic oxidation sites excluding steroid dienone is 1. The molecule has 1 aliphatic heterocycles. The summed E-state index contributed by atoms with van der Waals surface area (Å²) in [5.74, 6) is 0.368. The highest BCUT2D eigenvalue weighted by Crippen LogP contribution is 2.44. The number of carbonyl (C=O) groups excluding carboxylic acids is 1. The van der Waals surface area contributed by atoms with E-state index in [1.807, 2.05) is 12.1 Å². The number of likely N-dealkylation sites (tertiary alicyclic amines) is 1. The zero-order valence-corrected chi connectivity index (χ0v) is 12.1. The highest BCUT2D eigenvalue weighted by atomic mass is 19.4. The van der Waals surface area contributed by atoms with Crippen molar-refractivity contribution in [1.29, 1.82) is 0 Å². The van der Waals surface area contributed by atoms with Gasteiger partial charge in [0.15, 0.2) is 0 Å². The highest BCUT2D eigenvalue weighted by Gasteiger charge is 2.48. The van der Waals surface area contributed by atoms with Crippen LogP contribution in [0, 0.1) is 5.92 Å². The van der Waals surface area contributed by atoms with Crippen LogP contribution in [0.15, 0.2) is 35.9 Å². The number of halogens is 3. The number of amides is 1. The minimum atomic E-state index is -4.32. The van der Waals surface area contributed by atoms with Gasteiger partial charge in [-0.05, 0) is 36.1 Å². The molecule has 2 bridgehead atoms. The lowest BCUT2D eigenvalue weighted by atomic mass is 10.0. The van der Waals surface area contributed by atoms with E-state index in [9.17, 15) is 18.0 Å². The van der Waals surface area contributed by atoms with E-state index in [1.54, 1.807) is 24.1 Å². The lowest BCUT2D eigenvalue weighted by Gasteiger charge is -2.29. The molecular formula is C16H16F3NO2. The van der Waals surface area contributed by atoms with Crippen LogP contribution in [0.3, 0.4) is 0 Å². The Morgan fingerprint density at radius 3 is 2.55 bits per heavy atom. The van der Waals surface area contributed by atoms with Gasteiger partial charge in [0, 0.05) is 18.5 Å². The number of rotatable bonds is 3. The summed E-state index contributed by atoms with van der Waals surface area (Å²) in [5.41, 5.74) is 1.21. The number of methoxy groups -OCH3 is 1.